The highest BCUT2D eigenvalue weighted by Crippen LogP contribution is 2.21. The average Bonchev–Trinajstić information content (AvgIpc) is 2.38. The zero-order valence-corrected chi connectivity index (χ0v) is 9.69. The van der Waals surface area contributed by atoms with Crippen LogP contribution in [-0.4, -0.2) is 11.6 Å². The summed E-state index contributed by atoms with van der Waals surface area (Å²) in [6.45, 7) is 2.79. The summed E-state index contributed by atoms with van der Waals surface area (Å²) in [5.41, 5.74) is 1.90. The van der Waals surface area contributed by atoms with E-state index < -0.39 is 5.95 Å². The van der Waals surface area contributed by atoms with Crippen LogP contribution in [0.1, 0.15) is 13.3 Å². The predicted molar refractivity (Wildman–Crippen MR) is 65.4 cm³/mol. The fraction of sp³-hybridized carbons (Fsp3) is 0.214. The molecule has 0 aliphatic rings. The number of aromatic nitrogens is 1. The number of hydrogen-bond acceptors (Lipinski definition) is 2. The third-order valence-electron chi connectivity index (χ3n) is 2.39. The molecule has 0 saturated heterocycles. The quantitative estimate of drug-likeness (QED) is 0.749. The molecule has 0 amide bonds. The number of nitrogens with zero attached hydrogens (tertiary/aromatic N) is 1. The minimum atomic E-state index is -0.461. The molecular weight excluding hydrogens is 217 g/mol. The molecule has 1 aromatic heterocycles. The summed E-state index contributed by atoms with van der Waals surface area (Å²) in [6, 6.07) is 10.8. The van der Waals surface area contributed by atoms with Crippen LogP contribution >= 0.6 is 0 Å². The van der Waals surface area contributed by atoms with Crippen molar-refractivity contribution in [3.63, 3.8) is 0 Å². The van der Waals surface area contributed by atoms with Gasteiger partial charge in [-0.05, 0) is 36.2 Å². The van der Waals surface area contributed by atoms with Crippen LogP contribution in [-0.2, 0) is 0 Å². The van der Waals surface area contributed by atoms with E-state index in [1.807, 2.05) is 24.3 Å². The number of pyridine rings is 1. The van der Waals surface area contributed by atoms with Crippen molar-refractivity contribution in [3.8, 4) is 16.9 Å². The number of ether oxygens (including phenoxy) is 1. The Morgan fingerprint density at radius 1 is 1.06 bits per heavy atom. The minimum absolute atomic E-state index is 0.461. The van der Waals surface area contributed by atoms with Gasteiger partial charge in [-0.25, -0.2) is 4.98 Å². The van der Waals surface area contributed by atoms with E-state index in [-0.39, 0.29) is 0 Å². The number of benzene rings is 1. The van der Waals surface area contributed by atoms with E-state index in [4.69, 9.17) is 4.74 Å². The van der Waals surface area contributed by atoms with Gasteiger partial charge in [0.1, 0.15) is 5.75 Å². The van der Waals surface area contributed by atoms with E-state index in [1.54, 1.807) is 6.07 Å². The van der Waals surface area contributed by atoms with Gasteiger partial charge in [-0.3, -0.25) is 0 Å². The summed E-state index contributed by atoms with van der Waals surface area (Å²) in [7, 11) is 0. The van der Waals surface area contributed by atoms with Gasteiger partial charge >= 0.3 is 0 Å². The smallest absolute Gasteiger partial charge is 0.212 e. The first-order valence-electron chi connectivity index (χ1n) is 5.64. The zero-order chi connectivity index (χ0) is 12.1. The average molecular weight is 231 g/mol. The fourth-order valence-electron chi connectivity index (χ4n) is 1.51. The fourth-order valence-corrected chi connectivity index (χ4v) is 1.51. The summed E-state index contributed by atoms with van der Waals surface area (Å²) in [6.07, 6.45) is 2.51. The van der Waals surface area contributed by atoms with E-state index in [1.165, 1.54) is 12.3 Å². The summed E-state index contributed by atoms with van der Waals surface area (Å²) in [5.74, 6) is 0.391. The molecule has 3 heteroatoms. The van der Waals surface area contributed by atoms with E-state index in [0.717, 1.165) is 29.9 Å². The molecule has 0 atom stereocenters. The molecule has 0 bridgehead atoms. The molecule has 0 fully saturated rings. The highest BCUT2D eigenvalue weighted by molar-refractivity contribution is 5.62. The van der Waals surface area contributed by atoms with Crippen LogP contribution in [0.2, 0.25) is 0 Å². The molecule has 1 aromatic carbocycles. The minimum Gasteiger partial charge on any atom is -0.494 e. The van der Waals surface area contributed by atoms with Crippen LogP contribution in [0.5, 0.6) is 5.75 Å². The van der Waals surface area contributed by atoms with Crippen molar-refractivity contribution in [3.05, 3.63) is 48.5 Å². The Morgan fingerprint density at radius 2 is 1.76 bits per heavy atom. The van der Waals surface area contributed by atoms with Crippen LogP contribution in [0.25, 0.3) is 11.1 Å². The standard InChI is InChI=1S/C14H14FNO/c1-2-9-17-13-6-3-11(4-7-13)12-5-8-14(15)16-10-12/h3-8,10H,2,9H2,1H3. The lowest BCUT2D eigenvalue weighted by Gasteiger charge is -2.05. The molecule has 2 nitrogen and oxygen atoms in total. The molecule has 0 spiro atoms. The van der Waals surface area contributed by atoms with Crippen molar-refractivity contribution >= 4 is 0 Å². The molecule has 0 N–H and O–H groups in total. The maximum Gasteiger partial charge on any atom is 0.212 e. The molecule has 0 aliphatic heterocycles. The van der Waals surface area contributed by atoms with Crippen molar-refractivity contribution in [2.75, 3.05) is 6.61 Å². The normalized spacial score (nSPS) is 10.2. The first-order chi connectivity index (χ1) is 8.29. The van der Waals surface area contributed by atoms with Gasteiger partial charge < -0.3 is 4.74 Å². The summed E-state index contributed by atoms with van der Waals surface area (Å²) >= 11 is 0. The van der Waals surface area contributed by atoms with Gasteiger partial charge in [0.2, 0.25) is 5.95 Å². The predicted octanol–water partition coefficient (Wildman–Crippen LogP) is 3.68. The van der Waals surface area contributed by atoms with E-state index >= 15 is 0 Å². The van der Waals surface area contributed by atoms with Crippen LogP contribution in [0, 0.1) is 5.95 Å². The van der Waals surface area contributed by atoms with Gasteiger partial charge in [0.05, 0.1) is 6.61 Å². The summed E-state index contributed by atoms with van der Waals surface area (Å²) in [5, 5.41) is 0. The molecule has 17 heavy (non-hydrogen) atoms. The Morgan fingerprint density at radius 3 is 2.35 bits per heavy atom. The van der Waals surface area contributed by atoms with E-state index in [9.17, 15) is 4.39 Å². The molecular formula is C14H14FNO. The lowest BCUT2D eigenvalue weighted by atomic mass is 10.1. The Labute approximate surface area is 100 Å². The second-order valence-corrected chi connectivity index (χ2v) is 3.74. The van der Waals surface area contributed by atoms with Crippen LogP contribution in [0.15, 0.2) is 42.6 Å². The van der Waals surface area contributed by atoms with Gasteiger partial charge in [0, 0.05) is 11.8 Å². The SMILES string of the molecule is CCCOc1ccc(-c2ccc(F)nc2)cc1. The summed E-state index contributed by atoms with van der Waals surface area (Å²) in [4.78, 5) is 3.63. The third-order valence-corrected chi connectivity index (χ3v) is 2.39. The maximum absolute atomic E-state index is 12.7. The van der Waals surface area contributed by atoms with Crippen molar-refractivity contribution < 1.29 is 9.13 Å². The number of halogens is 1. The second-order valence-electron chi connectivity index (χ2n) is 3.74. The highest BCUT2D eigenvalue weighted by atomic mass is 19.1. The third kappa shape index (κ3) is 3.03. The molecule has 0 aliphatic carbocycles. The molecule has 2 rings (SSSR count). The lowest BCUT2D eigenvalue weighted by Crippen LogP contribution is -1.94. The molecule has 2 aromatic rings. The van der Waals surface area contributed by atoms with Crippen molar-refractivity contribution in [2.24, 2.45) is 0 Å². The molecule has 1 heterocycles. The van der Waals surface area contributed by atoms with Crippen LogP contribution in [0.3, 0.4) is 0 Å². The highest BCUT2D eigenvalue weighted by Gasteiger charge is 1.99. The van der Waals surface area contributed by atoms with Gasteiger partial charge in [0.15, 0.2) is 0 Å². The molecule has 0 saturated carbocycles. The molecule has 88 valence electrons. The van der Waals surface area contributed by atoms with Crippen molar-refractivity contribution in [1.29, 1.82) is 0 Å². The van der Waals surface area contributed by atoms with E-state index in [2.05, 4.69) is 11.9 Å². The maximum atomic E-state index is 12.7. The Balaban J connectivity index is 2.14. The first kappa shape index (κ1) is 11.6. The van der Waals surface area contributed by atoms with Crippen molar-refractivity contribution in [1.82, 2.24) is 4.98 Å². The van der Waals surface area contributed by atoms with Gasteiger partial charge in [0.25, 0.3) is 0 Å². The number of rotatable bonds is 4. The van der Waals surface area contributed by atoms with Gasteiger partial charge in [-0.1, -0.05) is 19.1 Å². The zero-order valence-electron chi connectivity index (χ0n) is 9.69. The second kappa shape index (κ2) is 5.43. The molecule has 0 unspecified atom stereocenters. The number of hydrogen-bond donors (Lipinski definition) is 0. The van der Waals surface area contributed by atoms with E-state index in [0.29, 0.717) is 0 Å². The van der Waals surface area contributed by atoms with Crippen LogP contribution < -0.4 is 4.74 Å². The Kier molecular flexibility index (Phi) is 3.70. The monoisotopic (exact) mass is 231 g/mol. The van der Waals surface area contributed by atoms with Gasteiger partial charge in [-0.15, -0.1) is 0 Å². The Bertz CT molecular complexity index is 465. The van der Waals surface area contributed by atoms with Crippen molar-refractivity contribution in [2.45, 2.75) is 13.3 Å². The summed E-state index contributed by atoms with van der Waals surface area (Å²) < 4.78 is 18.2. The van der Waals surface area contributed by atoms with Crippen LogP contribution in [0.4, 0.5) is 4.39 Å². The van der Waals surface area contributed by atoms with Gasteiger partial charge in [-0.2, -0.15) is 4.39 Å². The largest absolute Gasteiger partial charge is 0.494 e. The topological polar surface area (TPSA) is 22.1 Å². The lowest BCUT2D eigenvalue weighted by molar-refractivity contribution is 0.317. The first-order valence-corrected chi connectivity index (χ1v) is 5.64. The molecule has 0 radical (unpaired) electrons. The Hall–Kier alpha value is -1.90.